The van der Waals surface area contributed by atoms with Crippen molar-refractivity contribution in [1.29, 1.82) is 0 Å². The predicted molar refractivity (Wildman–Crippen MR) is 92.6 cm³/mol. The number of aryl methyl sites for hydroxylation is 1. The van der Waals surface area contributed by atoms with Crippen molar-refractivity contribution in [2.75, 3.05) is 6.61 Å². The highest BCUT2D eigenvalue weighted by atomic mass is 16.6. The zero-order valence-electron chi connectivity index (χ0n) is 14.3. The van der Waals surface area contributed by atoms with Crippen molar-refractivity contribution < 1.29 is 23.9 Å². The number of rotatable bonds is 6. The molecule has 25 heavy (non-hydrogen) atoms. The zero-order valence-corrected chi connectivity index (χ0v) is 14.3. The number of benzene rings is 2. The number of carbonyl (C=O) groups excluding carboxylic acids is 3. The highest BCUT2D eigenvalue weighted by Gasteiger charge is 2.22. The summed E-state index contributed by atoms with van der Waals surface area (Å²) >= 11 is 0. The van der Waals surface area contributed by atoms with E-state index in [9.17, 15) is 14.4 Å². The average Bonchev–Trinajstić information content (AvgIpc) is 2.66. The minimum absolute atomic E-state index is 0.0322. The SMILES string of the molecule is CCCOC(=O)c1ccc(CC)cc1C(=O)OC(=O)c1ccccc1. The van der Waals surface area contributed by atoms with Gasteiger partial charge in [-0.1, -0.05) is 38.1 Å². The van der Waals surface area contributed by atoms with Crippen molar-refractivity contribution in [3.05, 3.63) is 70.8 Å². The third-order valence-electron chi connectivity index (χ3n) is 3.56. The quantitative estimate of drug-likeness (QED) is 0.591. The molecule has 0 aliphatic heterocycles. The van der Waals surface area contributed by atoms with Crippen molar-refractivity contribution in [1.82, 2.24) is 0 Å². The summed E-state index contributed by atoms with van der Waals surface area (Å²) in [4.78, 5) is 36.7. The highest BCUT2D eigenvalue weighted by molar-refractivity contribution is 6.08. The van der Waals surface area contributed by atoms with E-state index < -0.39 is 17.9 Å². The van der Waals surface area contributed by atoms with Gasteiger partial charge in [0.2, 0.25) is 0 Å². The van der Waals surface area contributed by atoms with Gasteiger partial charge in [-0.25, -0.2) is 14.4 Å². The standard InChI is InChI=1S/C20H20O5/c1-3-12-24-19(22)16-11-10-14(4-2)13-17(16)20(23)25-18(21)15-8-6-5-7-9-15/h5-11,13H,3-4,12H2,1-2H3. The number of ether oxygens (including phenoxy) is 2. The first-order valence-electron chi connectivity index (χ1n) is 8.18. The van der Waals surface area contributed by atoms with Gasteiger partial charge in [0, 0.05) is 0 Å². The van der Waals surface area contributed by atoms with E-state index in [1.165, 1.54) is 6.07 Å². The fourth-order valence-corrected chi connectivity index (χ4v) is 2.20. The normalized spacial score (nSPS) is 10.2. The van der Waals surface area contributed by atoms with Crippen LogP contribution in [-0.4, -0.2) is 24.5 Å². The molecule has 5 nitrogen and oxygen atoms in total. The van der Waals surface area contributed by atoms with Crippen molar-refractivity contribution in [2.24, 2.45) is 0 Å². The first-order chi connectivity index (χ1) is 12.1. The van der Waals surface area contributed by atoms with Gasteiger partial charge in [-0.05, 0) is 42.7 Å². The van der Waals surface area contributed by atoms with Gasteiger partial charge in [0.15, 0.2) is 0 Å². The van der Waals surface area contributed by atoms with Gasteiger partial charge < -0.3 is 9.47 Å². The molecule has 0 N–H and O–H groups in total. The molecule has 0 radical (unpaired) electrons. The molecule has 2 rings (SSSR count). The van der Waals surface area contributed by atoms with Gasteiger partial charge in [0.05, 0.1) is 23.3 Å². The molecular formula is C20H20O5. The lowest BCUT2D eigenvalue weighted by Gasteiger charge is -2.10. The van der Waals surface area contributed by atoms with Crippen LogP contribution in [0.4, 0.5) is 0 Å². The van der Waals surface area contributed by atoms with E-state index >= 15 is 0 Å². The smallest absolute Gasteiger partial charge is 0.346 e. The molecule has 0 bridgehead atoms. The summed E-state index contributed by atoms with van der Waals surface area (Å²) in [5.41, 5.74) is 1.24. The van der Waals surface area contributed by atoms with E-state index in [4.69, 9.17) is 9.47 Å². The van der Waals surface area contributed by atoms with E-state index in [2.05, 4.69) is 0 Å². The maximum absolute atomic E-state index is 12.4. The molecule has 0 spiro atoms. The largest absolute Gasteiger partial charge is 0.462 e. The fraction of sp³-hybridized carbons (Fsp3) is 0.250. The van der Waals surface area contributed by atoms with Gasteiger partial charge in [0.1, 0.15) is 0 Å². The lowest BCUT2D eigenvalue weighted by atomic mass is 10.0. The van der Waals surface area contributed by atoms with Crippen molar-refractivity contribution in [3.63, 3.8) is 0 Å². The van der Waals surface area contributed by atoms with Crippen molar-refractivity contribution in [3.8, 4) is 0 Å². The number of hydrogen-bond donors (Lipinski definition) is 0. The maximum atomic E-state index is 12.4. The van der Waals surface area contributed by atoms with E-state index in [0.29, 0.717) is 12.8 Å². The minimum atomic E-state index is -0.868. The molecule has 130 valence electrons. The Balaban J connectivity index is 2.27. The maximum Gasteiger partial charge on any atom is 0.346 e. The summed E-state index contributed by atoms with van der Waals surface area (Å²) < 4.78 is 10.0. The monoisotopic (exact) mass is 340 g/mol. The number of hydrogen-bond acceptors (Lipinski definition) is 5. The van der Waals surface area contributed by atoms with E-state index in [1.807, 2.05) is 13.8 Å². The van der Waals surface area contributed by atoms with Crippen LogP contribution in [0.3, 0.4) is 0 Å². The lowest BCUT2D eigenvalue weighted by Crippen LogP contribution is -2.18. The Morgan fingerprint density at radius 1 is 0.840 bits per heavy atom. The second-order valence-electron chi connectivity index (χ2n) is 5.41. The molecule has 0 aliphatic carbocycles. The minimum Gasteiger partial charge on any atom is -0.462 e. The van der Waals surface area contributed by atoms with Gasteiger partial charge in [-0.2, -0.15) is 0 Å². The van der Waals surface area contributed by atoms with Gasteiger partial charge >= 0.3 is 17.9 Å². The Morgan fingerprint density at radius 3 is 2.20 bits per heavy atom. The Morgan fingerprint density at radius 2 is 1.56 bits per heavy atom. The Hall–Kier alpha value is -2.95. The Kier molecular flexibility index (Phi) is 6.46. The zero-order chi connectivity index (χ0) is 18.2. The first kappa shape index (κ1) is 18.4. The summed E-state index contributed by atoms with van der Waals surface area (Å²) in [6, 6.07) is 13.0. The second kappa shape index (κ2) is 8.78. The Labute approximate surface area is 146 Å². The van der Waals surface area contributed by atoms with Crippen LogP contribution in [0.5, 0.6) is 0 Å². The van der Waals surface area contributed by atoms with E-state index in [0.717, 1.165) is 5.56 Å². The third-order valence-corrected chi connectivity index (χ3v) is 3.56. The highest BCUT2D eigenvalue weighted by Crippen LogP contribution is 2.17. The van der Waals surface area contributed by atoms with Crippen LogP contribution in [0.1, 0.15) is 56.9 Å². The fourth-order valence-electron chi connectivity index (χ4n) is 2.20. The molecule has 0 saturated carbocycles. The molecule has 0 heterocycles. The van der Waals surface area contributed by atoms with Crippen LogP contribution < -0.4 is 0 Å². The molecule has 0 aromatic heterocycles. The summed E-state index contributed by atoms with van der Waals surface area (Å²) in [5.74, 6) is -2.24. The van der Waals surface area contributed by atoms with Crippen molar-refractivity contribution in [2.45, 2.75) is 26.7 Å². The van der Waals surface area contributed by atoms with Crippen molar-refractivity contribution >= 4 is 17.9 Å². The summed E-state index contributed by atoms with van der Waals surface area (Å²) in [6.45, 7) is 4.06. The molecule has 0 atom stereocenters. The van der Waals surface area contributed by atoms with Crippen LogP contribution in [0.15, 0.2) is 48.5 Å². The Bertz CT molecular complexity index is 765. The van der Waals surface area contributed by atoms with Crippen LogP contribution in [0.2, 0.25) is 0 Å². The van der Waals surface area contributed by atoms with Crippen LogP contribution >= 0.6 is 0 Å². The third kappa shape index (κ3) is 4.76. The molecule has 0 aliphatic rings. The average molecular weight is 340 g/mol. The topological polar surface area (TPSA) is 69.7 Å². The summed E-state index contributed by atoms with van der Waals surface area (Å²) in [5, 5.41) is 0. The first-order valence-corrected chi connectivity index (χ1v) is 8.18. The molecule has 0 amide bonds. The van der Waals surface area contributed by atoms with E-state index in [-0.39, 0.29) is 23.3 Å². The van der Waals surface area contributed by atoms with E-state index in [1.54, 1.807) is 42.5 Å². The predicted octanol–water partition coefficient (Wildman–Crippen LogP) is 3.81. The van der Waals surface area contributed by atoms with Crippen LogP contribution in [0, 0.1) is 0 Å². The van der Waals surface area contributed by atoms with Gasteiger partial charge in [-0.15, -0.1) is 0 Å². The number of esters is 3. The molecule has 0 unspecified atom stereocenters. The summed E-state index contributed by atoms with van der Waals surface area (Å²) in [6.07, 6.45) is 1.35. The lowest BCUT2D eigenvalue weighted by molar-refractivity contribution is 0.0383. The van der Waals surface area contributed by atoms with Crippen LogP contribution in [-0.2, 0) is 15.9 Å². The molecule has 0 saturated heterocycles. The molecule has 0 fully saturated rings. The van der Waals surface area contributed by atoms with Crippen LogP contribution in [0.25, 0.3) is 0 Å². The molecule has 2 aromatic carbocycles. The van der Waals surface area contributed by atoms with Gasteiger partial charge in [0.25, 0.3) is 0 Å². The molecule has 2 aromatic rings. The number of carbonyl (C=O) groups is 3. The second-order valence-corrected chi connectivity index (χ2v) is 5.41. The van der Waals surface area contributed by atoms with Gasteiger partial charge in [-0.3, -0.25) is 0 Å². The summed E-state index contributed by atoms with van der Waals surface area (Å²) in [7, 11) is 0. The molecule has 5 heteroatoms. The molecular weight excluding hydrogens is 320 g/mol.